The highest BCUT2D eigenvalue weighted by atomic mass is 16.5. The number of carbonyl (C=O) groups excluding carboxylic acids is 1. The molecule has 0 radical (unpaired) electrons. The fraction of sp³-hybridized carbons (Fsp3) is 0.417. The quantitative estimate of drug-likeness (QED) is 0.590. The van der Waals surface area contributed by atoms with Crippen molar-refractivity contribution in [1.29, 1.82) is 0 Å². The number of likely N-dealkylation sites (N-methyl/N-ethyl adjacent to an activating group) is 1. The Morgan fingerprint density at radius 1 is 1.29 bits per heavy atom. The average Bonchev–Trinajstić information content (AvgIpc) is 2.27. The Bertz CT molecular complexity index is 373. The molecule has 0 heterocycles. The molecule has 1 aromatic rings. The lowest BCUT2D eigenvalue weighted by molar-refractivity contribution is 0.0710. The topological polar surface area (TPSA) is 81.6 Å². The third-order valence-electron chi connectivity index (χ3n) is 2.35. The number of anilines is 2. The summed E-state index contributed by atoms with van der Waals surface area (Å²) >= 11 is 0. The molecule has 0 aliphatic heterocycles. The molecule has 0 spiro atoms. The summed E-state index contributed by atoms with van der Waals surface area (Å²) in [5.41, 5.74) is 12.8. The maximum absolute atomic E-state index is 12.0. The number of hydrogen-bond acceptors (Lipinski definition) is 4. The summed E-state index contributed by atoms with van der Waals surface area (Å²) in [6.45, 7) is 3.63. The molecule has 0 unspecified atom stereocenters. The smallest absolute Gasteiger partial charge is 0.253 e. The summed E-state index contributed by atoms with van der Waals surface area (Å²) in [4.78, 5) is 13.6. The van der Waals surface area contributed by atoms with Gasteiger partial charge in [-0.1, -0.05) is 0 Å². The van der Waals surface area contributed by atoms with E-state index in [9.17, 15) is 4.79 Å². The normalized spacial score (nSPS) is 10.2. The van der Waals surface area contributed by atoms with Crippen LogP contribution in [0.2, 0.25) is 0 Å². The zero-order valence-corrected chi connectivity index (χ0v) is 10.3. The van der Waals surface area contributed by atoms with Crippen molar-refractivity contribution in [2.45, 2.75) is 6.92 Å². The van der Waals surface area contributed by atoms with E-state index in [0.717, 1.165) is 0 Å². The van der Waals surface area contributed by atoms with Gasteiger partial charge >= 0.3 is 0 Å². The first-order valence-electron chi connectivity index (χ1n) is 5.54. The van der Waals surface area contributed by atoms with Crippen molar-refractivity contribution in [3.05, 3.63) is 23.8 Å². The van der Waals surface area contributed by atoms with Crippen LogP contribution < -0.4 is 11.5 Å². The second-order valence-electron chi connectivity index (χ2n) is 3.81. The molecule has 0 saturated heterocycles. The van der Waals surface area contributed by atoms with Gasteiger partial charge < -0.3 is 21.1 Å². The number of rotatable bonds is 5. The maximum Gasteiger partial charge on any atom is 0.253 e. The summed E-state index contributed by atoms with van der Waals surface area (Å²) in [7, 11) is 1.72. The summed E-state index contributed by atoms with van der Waals surface area (Å²) in [5, 5.41) is 0. The van der Waals surface area contributed by atoms with Crippen molar-refractivity contribution in [2.75, 3.05) is 38.3 Å². The molecule has 0 aliphatic rings. The van der Waals surface area contributed by atoms with E-state index >= 15 is 0 Å². The summed E-state index contributed by atoms with van der Waals surface area (Å²) in [6.07, 6.45) is 0. The van der Waals surface area contributed by atoms with Gasteiger partial charge in [-0.2, -0.15) is 0 Å². The molecule has 0 bridgehead atoms. The molecule has 17 heavy (non-hydrogen) atoms. The van der Waals surface area contributed by atoms with E-state index < -0.39 is 0 Å². The van der Waals surface area contributed by atoms with E-state index in [-0.39, 0.29) is 5.91 Å². The van der Waals surface area contributed by atoms with Gasteiger partial charge in [0, 0.05) is 37.1 Å². The first-order valence-corrected chi connectivity index (χ1v) is 5.54. The highest BCUT2D eigenvalue weighted by Crippen LogP contribution is 2.14. The van der Waals surface area contributed by atoms with Gasteiger partial charge in [0.2, 0.25) is 0 Å². The number of benzene rings is 1. The second kappa shape index (κ2) is 6.10. The van der Waals surface area contributed by atoms with Gasteiger partial charge in [0.05, 0.1) is 6.61 Å². The van der Waals surface area contributed by atoms with Gasteiger partial charge in [-0.15, -0.1) is 0 Å². The fourth-order valence-electron chi connectivity index (χ4n) is 1.47. The van der Waals surface area contributed by atoms with Gasteiger partial charge in [-0.25, -0.2) is 0 Å². The molecule has 0 saturated carbocycles. The Morgan fingerprint density at radius 3 is 2.41 bits per heavy atom. The Labute approximate surface area is 101 Å². The van der Waals surface area contributed by atoms with Crippen molar-refractivity contribution in [1.82, 2.24) is 4.90 Å². The first kappa shape index (κ1) is 13.3. The molecule has 5 nitrogen and oxygen atoms in total. The second-order valence-corrected chi connectivity index (χ2v) is 3.81. The number of hydrogen-bond donors (Lipinski definition) is 2. The third kappa shape index (κ3) is 3.96. The van der Waals surface area contributed by atoms with Crippen LogP contribution in [0, 0.1) is 0 Å². The monoisotopic (exact) mass is 237 g/mol. The molecule has 0 aliphatic carbocycles. The highest BCUT2D eigenvalue weighted by molar-refractivity contribution is 5.95. The van der Waals surface area contributed by atoms with Gasteiger partial charge in [-0.05, 0) is 25.1 Å². The number of amides is 1. The maximum atomic E-state index is 12.0. The lowest BCUT2D eigenvalue weighted by atomic mass is 10.1. The Morgan fingerprint density at radius 2 is 1.88 bits per heavy atom. The molecule has 0 aromatic heterocycles. The van der Waals surface area contributed by atoms with Crippen LogP contribution in [-0.2, 0) is 4.74 Å². The van der Waals surface area contributed by atoms with Gasteiger partial charge in [0.25, 0.3) is 5.91 Å². The van der Waals surface area contributed by atoms with Crippen LogP contribution in [-0.4, -0.2) is 37.6 Å². The van der Waals surface area contributed by atoms with Crippen LogP contribution in [0.4, 0.5) is 11.4 Å². The van der Waals surface area contributed by atoms with E-state index in [2.05, 4.69) is 0 Å². The summed E-state index contributed by atoms with van der Waals surface area (Å²) < 4.78 is 5.19. The molecule has 4 N–H and O–H groups in total. The molecule has 0 atom stereocenters. The van der Waals surface area contributed by atoms with Gasteiger partial charge in [0.1, 0.15) is 0 Å². The van der Waals surface area contributed by atoms with E-state index in [1.807, 2.05) is 6.92 Å². The van der Waals surface area contributed by atoms with Crippen molar-refractivity contribution in [3.8, 4) is 0 Å². The van der Waals surface area contributed by atoms with E-state index in [4.69, 9.17) is 16.2 Å². The Balaban J connectivity index is 2.68. The van der Waals surface area contributed by atoms with E-state index in [0.29, 0.717) is 36.7 Å². The predicted octanol–water partition coefficient (Wildman–Crippen LogP) is 0.960. The van der Waals surface area contributed by atoms with Gasteiger partial charge in [0.15, 0.2) is 0 Å². The molecular formula is C12H19N3O2. The number of nitrogen functional groups attached to an aromatic ring is 2. The van der Waals surface area contributed by atoms with Gasteiger partial charge in [-0.3, -0.25) is 4.79 Å². The van der Waals surface area contributed by atoms with Crippen LogP contribution in [0.1, 0.15) is 17.3 Å². The van der Waals surface area contributed by atoms with Crippen LogP contribution in [0.5, 0.6) is 0 Å². The molecule has 5 heteroatoms. The lowest BCUT2D eigenvalue weighted by Crippen LogP contribution is -2.30. The molecule has 1 rings (SSSR count). The Hall–Kier alpha value is -1.75. The predicted molar refractivity (Wildman–Crippen MR) is 68.7 cm³/mol. The number of carbonyl (C=O) groups is 1. The highest BCUT2D eigenvalue weighted by Gasteiger charge is 2.12. The minimum absolute atomic E-state index is 0.108. The minimum atomic E-state index is -0.108. The van der Waals surface area contributed by atoms with Crippen molar-refractivity contribution in [3.63, 3.8) is 0 Å². The molecule has 1 aromatic carbocycles. The Kier molecular flexibility index (Phi) is 4.78. The number of nitrogens with two attached hydrogens (primary N) is 2. The summed E-state index contributed by atoms with van der Waals surface area (Å²) in [5.74, 6) is -0.108. The number of ether oxygens (including phenoxy) is 1. The molecule has 1 amide bonds. The summed E-state index contributed by atoms with van der Waals surface area (Å²) in [6, 6.07) is 4.86. The first-order chi connectivity index (χ1) is 8.04. The number of nitrogens with zero attached hydrogens (tertiary/aromatic N) is 1. The van der Waals surface area contributed by atoms with Crippen LogP contribution in [0.15, 0.2) is 18.2 Å². The van der Waals surface area contributed by atoms with Crippen molar-refractivity contribution >= 4 is 17.3 Å². The van der Waals surface area contributed by atoms with E-state index in [1.165, 1.54) is 0 Å². The third-order valence-corrected chi connectivity index (χ3v) is 2.35. The zero-order valence-electron chi connectivity index (χ0n) is 10.3. The fourth-order valence-corrected chi connectivity index (χ4v) is 1.47. The van der Waals surface area contributed by atoms with Crippen LogP contribution in [0.3, 0.4) is 0 Å². The molecule has 0 fully saturated rings. The SMILES string of the molecule is CCOCCN(C)C(=O)c1cc(N)cc(N)c1. The standard InChI is InChI=1S/C12H19N3O2/c1-3-17-5-4-15(2)12(16)9-6-10(13)8-11(14)7-9/h6-8H,3-5,13-14H2,1-2H3. The van der Waals surface area contributed by atoms with Crippen molar-refractivity contribution in [2.24, 2.45) is 0 Å². The minimum Gasteiger partial charge on any atom is -0.399 e. The molecular weight excluding hydrogens is 218 g/mol. The van der Waals surface area contributed by atoms with Crippen molar-refractivity contribution < 1.29 is 9.53 Å². The molecule has 94 valence electrons. The average molecular weight is 237 g/mol. The van der Waals surface area contributed by atoms with E-state index in [1.54, 1.807) is 30.1 Å². The van der Waals surface area contributed by atoms with Crippen LogP contribution in [0.25, 0.3) is 0 Å². The largest absolute Gasteiger partial charge is 0.399 e. The van der Waals surface area contributed by atoms with Crippen LogP contribution >= 0.6 is 0 Å². The zero-order chi connectivity index (χ0) is 12.8. The lowest BCUT2D eigenvalue weighted by Gasteiger charge is -2.17.